The van der Waals surface area contributed by atoms with Gasteiger partial charge in [-0.3, -0.25) is 0 Å². The van der Waals surface area contributed by atoms with Gasteiger partial charge in [0.15, 0.2) is 0 Å². The fraction of sp³-hybridized carbons (Fsp3) is 0.811. The highest BCUT2D eigenvalue weighted by atomic mass is 16.5. The smallest absolute Gasteiger partial charge is 0.338 e. The minimum atomic E-state index is -0.209. The summed E-state index contributed by atoms with van der Waals surface area (Å²) in [5.41, 5.74) is 6.65. The molecule has 0 spiro atoms. The molecule has 0 aromatic heterocycles. The monoisotopic (exact) mass is 610 g/mol. The Morgan fingerprint density at radius 3 is 2.30 bits per heavy atom. The number of aliphatic hydroxyl groups is 1. The van der Waals surface area contributed by atoms with Crippen molar-refractivity contribution in [3.8, 4) is 0 Å². The van der Waals surface area contributed by atoms with Crippen molar-refractivity contribution in [2.75, 3.05) is 45.9 Å². The van der Waals surface area contributed by atoms with Crippen LogP contribution in [0.15, 0.2) is 30.3 Å². The molecule has 9 atom stereocenters. The van der Waals surface area contributed by atoms with Crippen LogP contribution in [0.25, 0.3) is 0 Å². The zero-order valence-corrected chi connectivity index (χ0v) is 27.7. The van der Waals surface area contributed by atoms with E-state index in [2.05, 4.69) is 29.8 Å². The van der Waals surface area contributed by atoms with Gasteiger partial charge in [0, 0.05) is 6.04 Å². The molecule has 6 N–H and O–H groups in total. The summed E-state index contributed by atoms with van der Waals surface area (Å²) in [5.74, 6) is 2.32. The van der Waals surface area contributed by atoms with Gasteiger partial charge in [-0.05, 0) is 169 Å². The second kappa shape index (κ2) is 15.9. The topological polar surface area (TPSA) is 109 Å². The third-order valence-corrected chi connectivity index (χ3v) is 12.8. The van der Waals surface area contributed by atoms with Crippen LogP contribution >= 0.6 is 0 Å². The molecule has 4 saturated carbocycles. The van der Waals surface area contributed by atoms with Crippen LogP contribution in [-0.2, 0) is 4.74 Å². The minimum absolute atomic E-state index is 0.149. The van der Waals surface area contributed by atoms with Gasteiger partial charge in [0.25, 0.3) is 0 Å². The minimum Gasteiger partial charge on any atom is -0.462 e. The molecule has 4 aliphatic rings. The molecule has 7 nitrogen and oxygen atoms in total. The zero-order chi connectivity index (χ0) is 31.0. The molecule has 1 aromatic rings. The van der Waals surface area contributed by atoms with Crippen LogP contribution in [0.5, 0.6) is 0 Å². The Morgan fingerprint density at radius 2 is 1.55 bits per heavy atom. The molecular weight excluding hydrogens is 548 g/mol. The molecule has 7 heteroatoms. The molecule has 4 fully saturated rings. The van der Waals surface area contributed by atoms with E-state index in [0.29, 0.717) is 53.2 Å². The molecule has 4 aliphatic carbocycles. The number of benzene rings is 1. The van der Waals surface area contributed by atoms with Crippen molar-refractivity contribution >= 4 is 5.97 Å². The summed E-state index contributed by atoms with van der Waals surface area (Å²) < 4.78 is 5.87. The van der Waals surface area contributed by atoms with E-state index >= 15 is 0 Å². The fourth-order valence-electron chi connectivity index (χ4n) is 10.1. The van der Waals surface area contributed by atoms with Crippen molar-refractivity contribution in [3.05, 3.63) is 35.9 Å². The first-order valence-corrected chi connectivity index (χ1v) is 18.1. The second-order valence-electron chi connectivity index (χ2n) is 15.2. The molecular formula is C37H62N4O3. The Kier molecular flexibility index (Phi) is 12.2. The average Bonchev–Trinajstić information content (AvgIpc) is 3.37. The predicted molar refractivity (Wildman–Crippen MR) is 178 cm³/mol. The summed E-state index contributed by atoms with van der Waals surface area (Å²) in [6, 6.07) is 9.95. The van der Waals surface area contributed by atoms with E-state index in [9.17, 15) is 9.90 Å². The zero-order valence-electron chi connectivity index (χ0n) is 27.7. The van der Waals surface area contributed by atoms with Gasteiger partial charge < -0.3 is 31.5 Å². The van der Waals surface area contributed by atoms with Crippen molar-refractivity contribution in [2.45, 2.75) is 103 Å². The predicted octanol–water partition coefficient (Wildman–Crippen LogP) is 5.13. The third-order valence-electron chi connectivity index (χ3n) is 12.8. The normalized spacial score (nSPS) is 36.3. The second-order valence-corrected chi connectivity index (χ2v) is 15.2. The summed E-state index contributed by atoms with van der Waals surface area (Å²) in [4.78, 5) is 12.7. The Morgan fingerprint density at radius 1 is 0.864 bits per heavy atom. The lowest BCUT2D eigenvalue weighted by Crippen LogP contribution is -2.59. The maximum atomic E-state index is 12.7. The fourth-order valence-corrected chi connectivity index (χ4v) is 10.1. The number of nitrogens with one attached hydrogen (secondary N) is 3. The van der Waals surface area contributed by atoms with Gasteiger partial charge in [0.2, 0.25) is 0 Å². The summed E-state index contributed by atoms with van der Waals surface area (Å²) in [6.07, 6.45) is 13.8. The van der Waals surface area contributed by atoms with Crippen molar-refractivity contribution in [2.24, 2.45) is 46.2 Å². The molecule has 5 rings (SSSR count). The molecule has 5 unspecified atom stereocenters. The SMILES string of the molecule is C[C@]12CC[C@H](NCCCNCCCCNCCCN)CC1C[C@@H](O)C1C2CC[C@]2(C)C(COC(=O)c3ccccc3)CCC12. The number of rotatable bonds is 16. The maximum Gasteiger partial charge on any atom is 0.338 e. The van der Waals surface area contributed by atoms with E-state index in [4.69, 9.17) is 10.5 Å². The summed E-state index contributed by atoms with van der Waals surface area (Å²) >= 11 is 0. The molecule has 0 saturated heterocycles. The van der Waals surface area contributed by atoms with Crippen molar-refractivity contribution < 1.29 is 14.6 Å². The standard InChI is InChI=1S/C37H62N4O3/c1-36-17-15-32-34(31(36)13-12-28(36)26-44-35(43)27-10-4-3-5-11-27)33(42)25-29-24-30(14-16-37(29,32)2)41-23-9-22-40-20-7-6-19-39-21-8-18-38/h3-5,10-11,28-34,39-42H,6-9,12-26,38H2,1-2H3/t28?,29?,30-,31?,32?,33+,34?,36+,37-/m0/s1. The van der Waals surface area contributed by atoms with Crippen LogP contribution in [0.4, 0.5) is 0 Å². The first kappa shape index (κ1) is 33.8. The number of hydrogen-bond acceptors (Lipinski definition) is 7. The number of carbonyl (C=O) groups is 1. The van der Waals surface area contributed by atoms with Crippen LogP contribution < -0.4 is 21.7 Å². The van der Waals surface area contributed by atoms with Crippen molar-refractivity contribution in [3.63, 3.8) is 0 Å². The van der Waals surface area contributed by atoms with E-state index in [1.807, 2.05) is 30.3 Å². The molecule has 0 aliphatic heterocycles. The Hall–Kier alpha value is -1.51. The number of hydrogen-bond donors (Lipinski definition) is 5. The van der Waals surface area contributed by atoms with Crippen LogP contribution in [0.2, 0.25) is 0 Å². The van der Waals surface area contributed by atoms with Gasteiger partial charge in [-0.25, -0.2) is 4.79 Å². The third kappa shape index (κ3) is 7.71. The molecule has 0 amide bonds. The molecule has 0 bridgehead atoms. The maximum absolute atomic E-state index is 12.7. The molecule has 44 heavy (non-hydrogen) atoms. The highest BCUT2D eigenvalue weighted by molar-refractivity contribution is 5.89. The van der Waals surface area contributed by atoms with Crippen molar-refractivity contribution in [1.29, 1.82) is 0 Å². The van der Waals surface area contributed by atoms with E-state index in [1.165, 1.54) is 51.4 Å². The van der Waals surface area contributed by atoms with E-state index < -0.39 is 0 Å². The van der Waals surface area contributed by atoms with Gasteiger partial charge in [-0.15, -0.1) is 0 Å². The molecule has 0 heterocycles. The van der Waals surface area contributed by atoms with Gasteiger partial charge in [0.05, 0.1) is 18.3 Å². The van der Waals surface area contributed by atoms with Gasteiger partial charge in [-0.1, -0.05) is 32.0 Å². The highest BCUT2D eigenvalue weighted by Gasteiger charge is 2.62. The number of carbonyl (C=O) groups excluding carboxylic acids is 1. The largest absolute Gasteiger partial charge is 0.462 e. The highest BCUT2D eigenvalue weighted by Crippen LogP contribution is 2.67. The summed E-state index contributed by atoms with van der Waals surface area (Å²) in [7, 11) is 0. The van der Waals surface area contributed by atoms with Crippen molar-refractivity contribution in [1.82, 2.24) is 16.0 Å². The number of ether oxygens (including phenoxy) is 1. The van der Waals surface area contributed by atoms with Crippen LogP contribution in [0, 0.1) is 40.4 Å². The van der Waals surface area contributed by atoms with Gasteiger partial charge in [-0.2, -0.15) is 0 Å². The van der Waals surface area contributed by atoms with Crippen LogP contribution in [0.1, 0.15) is 101 Å². The number of fused-ring (bicyclic) bond motifs is 5. The lowest BCUT2D eigenvalue weighted by molar-refractivity contribution is -0.166. The number of unbranched alkanes of at least 4 members (excludes halogenated alkanes) is 1. The van der Waals surface area contributed by atoms with E-state index in [0.717, 1.165) is 65.0 Å². The van der Waals surface area contributed by atoms with E-state index in [1.54, 1.807) is 0 Å². The Labute approximate surface area is 267 Å². The average molecular weight is 611 g/mol. The molecule has 0 radical (unpaired) electrons. The summed E-state index contributed by atoms with van der Waals surface area (Å²) in [5, 5.41) is 22.7. The van der Waals surface area contributed by atoms with Gasteiger partial charge in [0.1, 0.15) is 0 Å². The van der Waals surface area contributed by atoms with Gasteiger partial charge >= 0.3 is 5.97 Å². The molecule has 1 aromatic carbocycles. The van der Waals surface area contributed by atoms with Crippen LogP contribution in [0.3, 0.4) is 0 Å². The number of aliphatic hydroxyl groups excluding tert-OH is 1. The Bertz CT molecular complexity index is 1030. The lowest BCUT2D eigenvalue weighted by atomic mass is 9.44. The number of esters is 1. The lowest BCUT2D eigenvalue weighted by Gasteiger charge is -2.62. The number of nitrogens with two attached hydrogens (primary N) is 1. The first-order chi connectivity index (χ1) is 21.4. The Balaban J connectivity index is 1.05. The summed E-state index contributed by atoms with van der Waals surface area (Å²) in [6.45, 7) is 11.7. The first-order valence-electron chi connectivity index (χ1n) is 18.1. The quantitative estimate of drug-likeness (QED) is 0.130. The van der Waals surface area contributed by atoms with Crippen LogP contribution in [-0.4, -0.2) is 69.1 Å². The van der Waals surface area contributed by atoms with E-state index in [-0.39, 0.29) is 17.5 Å². The molecule has 248 valence electrons.